The standard InChI is InChI=1S/C10H17N3OS/c1-7-8(2)15-10(12-7)13-3-4-14-9(5-11)6-13/h9H,3-6,11H2,1-2H3. The molecular formula is C10H17N3OS. The predicted octanol–water partition coefficient (Wildman–Crippen LogP) is 0.924. The summed E-state index contributed by atoms with van der Waals surface area (Å²) in [7, 11) is 0. The van der Waals surface area contributed by atoms with E-state index in [4.69, 9.17) is 10.5 Å². The van der Waals surface area contributed by atoms with E-state index in [1.165, 1.54) is 4.88 Å². The van der Waals surface area contributed by atoms with Crippen molar-refractivity contribution in [3.8, 4) is 0 Å². The molecule has 0 bridgehead atoms. The van der Waals surface area contributed by atoms with E-state index < -0.39 is 0 Å². The molecule has 1 fully saturated rings. The first-order valence-electron chi connectivity index (χ1n) is 5.21. The minimum atomic E-state index is 0.156. The first-order chi connectivity index (χ1) is 7.20. The summed E-state index contributed by atoms with van der Waals surface area (Å²) in [6, 6.07) is 0. The Morgan fingerprint density at radius 2 is 2.40 bits per heavy atom. The van der Waals surface area contributed by atoms with Crippen LogP contribution in [-0.2, 0) is 4.74 Å². The number of ether oxygens (including phenoxy) is 1. The average molecular weight is 227 g/mol. The maximum Gasteiger partial charge on any atom is 0.185 e. The normalized spacial score (nSPS) is 22.1. The van der Waals surface area contributed by atoms with Crippen LogP contribution in [0.3, 0.4) is 0 Å². The third-order valence-electron chi connectivity index (χ3n) is 2.69. The number of anilines is 1. The van der Waals surface area contributed by atoms with Crippen LogP contribution in [0.15, 0.2) is 0 Å². The smallest absolute Gasteiger partial charge is 0.185 e. The predicted molar refractivity (Wildman–Crippen MR) is 62.6 cm³/mol. The van der Waals surface area contributed by atoms with Crippen LogP contribution in [0.1, 0.15) is 10.6 Å². The summed E-state index contributed by atoms with van der Waals surface area (Å²) >= 11 is 1.75. The van der Waals surface area contributed by atoms with Crippen molar-refractivity contribution in [2.45, 2.75) is 20.0 Å². The highest BCUT2D eigenvalue weighted by Gasteiger charge is 2.21. The number of thiazole rings is 1. The zero-order chi connectivity index (χ0) is 10.8. The van der Waals surface area contributed by atoms with Crippen LogP contribution in [-0.4, -0.2) is 37.3 Å². The fourth-order valence-electron chi connectivity index (χ4n) is 1.63. The number of rotatable bonds is 2. The minimum absolute atomic E-state index is 0.156. The summed E-state index contributed by atoms with van der Waals surface area (Å²) in [5.74, 6) is 0. The quantitative estimate of drug-likeness (QED) is 0.816. The van der Waals surface area contributed by atoms with Crippen molar-refractivity contribution >= 4 is 16.5 Å². The second-order valence-electron chi connectivity index (χ2n) is 3.81. The Labute approximate surface area is 94.1 Å². The zero-order valence-electron chi connectivity index (χ0n) is 9.19. The summed E-state index contributed by atoms with van der Waals surface area (Å²) in [4.78, 5) is 8.11. The molecule has 2 heterocycles. The zero-order valence-corrected chi connectivity index (χ0v) is 10.0. The summed E-state index contributed by atoms with van der Waals surface area (Å²) in [6.07, 6.45) is 0.156. The van der Waals surface area contributed by atoms with Gasteiger partial charge in [-0.25, -0.2) is 4.98 Å². The topological polar surface area (TPSA) is 51.4 Å². The van der Waals surface area contributed by atoms with Crippen LogP contribution in [0.25, 0.3) is 0 Å². The second-order valence-corrected chi connectivity index (χ2v) is 4.99. The molecule has 1 aliphatic heterocycles. The second kappa shape index (κ2) is 4.47. The van der Waals surface area contributed by atoms with Crippen LogP contribution in [0.5, 0.6) is 0 Å². The lowest BCUT2D eigenvalue weighted by Gasteiger charge is -2.32. The first kappa shape index (κ1) is 10.9. The molecule has 0 aliphatic carbocycles. The van der Waals surface area contributed by atoms with Crippen molar-refractivity contribution in [3.05, 3.63) is 10.6 Å². The Bertz CT molecular complexity index is 320. The Hall–Kier alpha value is -0.650. The van der Waals surface area contributed by atoms with E-state index in [2.05, 4.69) is 23.7 Å². The minimum Gasteiger partial charge on any atom is -0.373 e. The largest absolute Gasteiger partial charge is 0.373 e. The van der Waals surface area contributed by atoms with Crippen molar-refractivity contribution in [1.29, 1.82) is 0 Å². The van der Waals surface area contributed by atoms with E-state index in [1.807, 2.05) is 0 Å². The van der Waals surface area contributed by atoms with Crippen molar-refractivity contribution in [1.82, 2.24) is 4.98 Å². The highest BCUT2D eigenvalue weighted by Crippen LogP contribution is 2.26. The lowest BCUT2D eigenvalue weighted by atomic mass is 10.3. The van der Waals surface area contributed by atoms with Gasteiger partial charge >= 0.3 is 0 Å². The fraction of sp³-hybridized carbons (Fsp3) is 0.700. The monoisotopic (exact) mass is 227 g/mol. The van der Waals surface area contributed by atoms with E-state index in [-0.39, 0.29) is 6.10 Å². The molecule has 1 aromatic rings. The molecule has 0 radical (unpaired) electrons. The number of nitrogens with two attached hydrogens (primary N) is 1. The average Bonchev–Trinajstić information content (AvgIpc) is 2.59. The third kappa shape index (κ3) is 2.30. The maximum absolute atomic E-state index is 5.61. The lowest BCUT2D eigenvalue weighted by molar-refractivity contribution is 0.0465. The molecule has 1 aromatic heterocycles. The third-order valence-corrected chi connectivity index (χ3v) is 3.82. The molecule has 1 saturated heterocycles. The van der Waals surface area contributed by atoms with Crippen molar-refractivity contribution < 1.29 is 4.74 Å². The fourth-order valence-corrected chi connectivity index (χ4v) is 2.57. The molecule has 15 heavy (non-hydrogen) atoms. The van der Waals surface area contributed by atoms with E-state index in [9.17, 15) is 0 Å². The molecule has 1 aliphatic rings. The summed E-state index contributed by atoms with van der Waals surface area (Å²) in [5, 5.41) is 1.10. The molecular weight excluding hydrogens is 210 g/mol. The van der Waals surface area contributed by atoms with Crippen LogP contribution in [0, 0.1) is 13.8 Å². The molecule has 1 unspecified atom stereocenters. The maximum atomic E-state index is 5.61. The van der Waals surface area contributed by atoms with Gasteiger partial charge in [0.05, 0.1) is 18.4 Å². The highest BCUT2D eigenvalue weighted by atomic mass is 32.1. The van der Waals surface area contributed by atoms with Crippen LogP contribution >= 0.6 is 11.3 Å². The van der Waals surface area contributed by atoms with Gasteiger partial charge in [0.15, 0.2) is 5.13 Å². The number of morpholine rings is 1. The molecule has 0 spiro atoms. The van der Waals surface area contributed by atoms with Crippen LogP contribution in [0.2, 0.25) is 0 Å². The van der Waals surface area contributed by atoms with Gasteiger partial charge < -0.3 is 15.4 Å². The van der Waals surface area contributed by atoms with E-state index in [1.54, 1.807) is 11.3 Å². The molecule has 5 heteroatoms. The Morgan fingerprint density at radius 3 is 3.00 bits per heavy atom. The molecule has 0 saturated carbocycles. The van der Waals surface area contributed by atoms with Gasteiger partial charge in [0.2, 0.25) is 0 Å². The molecule has 4 nitrogen and oxygen atoms in total. The Morgan fingerprint density at radius 1 is 1.60 bits per heavy atom. The van der Waals surface area contributed by atoms with Gasteiger partial charge in [-0.15, -0.1) is 11.3 Å². The van der Waals surface area contributed by atoms with Crippen molar-refractivity contribution in [2.24, 2.45) is 5.73 Å². The van der Waals surface area contributed by atoms with Gasteiger partial charge in [-0.3, -0.25) is 0 Å². The number of hydrogen-bond acceptors (Lipinski definition) is 5. The molecule has 0 aromatic carbocycles. The summed E-state index contributed by atoms with van der Waals surface area (Å²) in [5.41, 5.74) is 6.74. The van der Waals surface area contributed by atoms with Gasteiger partial charge in [0.25, 0.3) is 0 Å². The van der Waals surface area contributed by atoms with E-state index in [0.29, 0.717) is 6.54 Å². The van der Waals surface area contributed by atoms with Crippen LogP contribution < -0.4 is 10.6 Å². The number of aryl methyl sites for hydroxylation is 2. The number of aromatic nitrogens is 1. The lowest BCUT2D eigenvalue weighted by Crippen LogP contribution is -2.45. The van der Waals surface area contributed by atoms with Gasteiger partial charge in [-0.1, -0.05) is 0 Å². The Balaban J connectivity index is 2.09. The Kier molecular flexibility index (Phi) is 3.23. The summed E-state index contributed by atoms with van der Waals surface area (Å²) < 4.78 is 5.53. The van der Waals surface area contributed by atoms with E-state index >= 15 is 0 Å². The van der Waals surface area contributed by atoms with Gasteiger partial charge in [-0.2, -0.15) is 0 Å². The van der Waals surface area contributed by atoms with Crippen molar-refractivity contribution in [2.75, 3.05) is 31.1 Å². The van der Waals surface area contributed by atoms with Gasteiger partial charge in [-0.05, 0) is 13.8 Å². The molecule has 84 valence electrons. The van der Waals surface area contributed by atoms with Gasteiger partial charge in [0, 0.05) is 24.5 Å². The van der Waals surface area contributed by atoms with E-state index in [0.717, 1.165) is 30.5 Å². The van der Waals surface area contributed by atoms with Gasteiger partial charge in [0.1, 0.15) is 0 Å². The van der Waals surface area contributed by atoms with Crippen LogP contribution in [0.4, 0.5) is 5.13 Å². The number of hydrogen-bond donors (Lipinski definition) is 1. The SMILES string of the molecule is Cc1nc(N2CCOC(CN)C2)sc1C. The molecule has 2 rings (SSSR count). The number of nitrogens with zero attached hydrogens (tertiary/aromatic N) is 2. The molecule has 1 atom stereocenters. The molecule has 2 N–H and O–H groups in total. The highest BCUT2D eigenvalue weighted by molar-refractivity contribution is 7.15. The summed E-state index contributed by atoms with van der Waals surface area (Å²) in [6.45, 7) is 7.28. The first-order valence-corrected chi connectivity index (χ1v) is 6.03. The molecule has 0 amide bonds. The van der Waals surface area contributed by atoms with Crippen molar-refractivity contribution in [3.63, 3.8) is 0 Å².